The van der Waals surface area contributed by atoms with Crippen molar-refractivity contribution in [3.05, 3.63) is 59.2 Å². The fourth-order valence-electron chi connectivity index (χ4n) is 2.33. The minimum atomic E-state index is -0.372. The van der Waals surface area contributed by atoms with Gasteiger partial charge >= 0.3 is 0 Å². The molecule has 0 aromatic heterocycles. The van der Waals surface area contributed by atoms with Crippen LogP contribution in [-0.4, -0.2) is 6.04 Å². The molecular weight excluding hydrogens is 256 g/mol. The summed E-state index contributed by atoms with van der Waals surface area (Å²) >= 11 is 0. The quantitative estimate of drug-likeness (QED) is 0.880. The molecule has 20 heavy (non-hydrogen) atoms. The highest BCUT2D eigenvalue weighted by molar-refractivity contribution is 5.68. The van der Waals surface area contributed by atoms with Crippen LogP contribution < -0.4 is 5.32 Å². The van der Waals surface area contributed by atoms with Gasteiger partial charge in [0.05, 0.1) is 0 Å². The Kier molecular flexibility index (Phi) is 3.53. The Morgan fingerprint density at radius 2 is 1.80 bits per heavy atom. The molecule has 1 fully saturated rings. The third-order valence-corrected chi connectivity index (χ3v) is 3.71. The molecule has 2 aromatic carbocycles. The topological polar surface area (TPSA) is 12.0 Å². The number of aryl methyl sites for hydroxylation is 1. The molecular formula is C17H17F2N. The molecule has 3 heteroatoms. The van der Waals surface area contributed by atoms with E-state index in [0.29, 0.717) is 23.7 Å². The van der Waals surface area contributed by atoms with Gasteiger partial charge in [-0.25, -0.2) is 8.78 Å². The van der Waals surface area contributed by atoms with Crippen molar-refractivity contribution < 1.29 is 8.78 Å². The van der Waals surface area contributed by atoms with Crippen molar-refractivity contribution in [1.29, 1.82) is 0 Å². The summed E-state index contributed by atoms with van der Waals surface area (Å²) in [6.45, 7) is 2.26. The SMILES string of the molecule is Cc1cc(F)c(-c2ccccc2CNC2CC2)cc1F. The van der Waals surface area contributed by atoms with Crippen molar-refractivity contribution in [2.24, 2.45) is 0 Å². The summed E-state index contributed by atoms with van der Waals surface area (Å²) < 4.78 is 27.8. The van der Waals surface area contributed by atoms with Crippen LogP contribution in [0.3, 0.4) is 0 Å². The largest absolute Gasteiger partial charge is 0.310 e. The molecule has 0 saturated heterocycles. The van der Waals surface area contributed by atoms with E-state index in [1.165, 1.54) is 25.0 Å². The zero-order valence-corrected chi connectivity index (χ0v) is 11.4. The lowest BCUT2D eigenvalue weighted by molar-refractivity contribution is 0.595. The minimum Gasteiger partial charge on any atom is -0.310 e. The Morgan fingerprint density at radius 1 is 1.05 bits per heavy atom. The van der Waals surface area contributed by atoms with Gasteiger partial charge in [0.1, 0.15) is 11.6 Å². The van der Waals surface area contributed by atoms with Gasteiger partial charge < -0.3 is 5.32 Å². The van der Waals surface area contributed by atoms with E-state index < -0.39 is 0 Å². The molecule has 0 spiro atoms. The molecule has 1 N–H and O–H groups in total. The van der Waals surface area contributed by atoms with Gasteiger partial charge in [-0.15, -0.1) is 0 Å². The van der Waals surface area contributed by atoms with Gasteiger partial charge in [0.15, 0.2) is 0 Å². The Hall–Kier alpha value is -1.74. The minimum absolute atomic E-state index is 0.333. The highest BCUT2D eigenvalue weighted by atomic mass is 19.1. The van der Waals surface area contributed by atoms with E-state index in [4.69, 9.17) is 0 Å². The van der Waals surface area contributed by atoms with Gasteiger partial charge in [0, 0.05) is 18.2 Å². The number of halogens is 2. The van der Waals surface area contributed by atoms with Crippen molar-refractivity contribution >= 4 is 0 Å². The number of hydrogen-bond donors (Lipinski definition) is 1. The molecule has 1 aliphatic carbocycles. The normalized spacial score (nSPS) is 14.6. The van der Waals surface area contributed by atoms with Crippen molar-refractivity contribution in [3.8, 4) is 11.1 Å². The standard InChI is InChI=1S/C17H17F2N/c1-11-8-17(19)15(9-16(11)18)14-5-3-2-4-12(14)10-20-13-6-7-13/h2-5,8-9,13,20H,6-7,10H2,1H3. The average Bonchev–Trinajstić information content (AvgIpc) is 3.25. The summed E-state index contributed by atoms with van der Waals surface area (Å²) in [7, 11) is 0. The van der Waals surface area contributed by atoms with Gasteiger partial charge in [0.25, 0.3) is 0 Å². The van der Waals surface area contributed by atoms with Gasteiger partial charge in [-0.3, -0.25) is 0 Å². The van der Waals surface area contributed by atoms with Gasteiger partial charge in [-0.2, -0.15) is 0 Å². The fraction of sp³-hybridized carbons (Fsp3) is 0.294. The molecule has 0 unspecified atom stereocenters. The predicted octanol–water partition coefficient (Wildman–Crippen LogP) is 4.19. The number of hydrogen-bond acceptors (Lipinski definition) is 1. The Morgan fingerprint density at radius 3 is 2.55 bits per heavy atom. The second-order valence-electron chi connectivity index (χ2n) is 5.39. The predicted molar refractivity (Wildman–Crippen MR) is 76.4 cm³/mol. The van der Waals surface area contributed by atoms with Crippen LogP contribution in [0.25, 0.3) is 11.1 Å². The van der Waals surface area contributed by atoms with Crippen LogP contribution in [0, 0.1) is 18.6 Å². The number of benzene rings is 2. The third kappa shape index (κ3) is 2.73. The molecule has 1 nitrogen and oxygen atoms in total. The van der Waals surface area contributed by atoms with Crippen LogP contribution in [0.15, 0.2) is 36.4 Å². The molecule has 1 aliphatic rings. The first-order chi connectivity index (χ1) is 9.65. The van der Waals surface area contributed by atoms with Gasteiger partial charge in [0.2, 0.25) is 0 Å². The van der Waals surface area contributed by atoms with E-state index in [-0.39, 0.29) is 11.6 Å². The highest BCUT2D eigenvalue weighted by Gasteiger charge is 2.21. The lowest BCUT2D eigenvalue weighted by Crippen LogP contribution is -2.15. The van der Waals surface area contributed by atoms with Crippen LogP contribution in [0.1, 0.15) is 24.0 Å². The van der Waals surface area contributed by atoms with Crippen LogP contribution >= 0.6 is 0 Å². The Bertz CT molecular complexity index is 633. The summed E-state index contributed by atoms with van der Waals surface area (Å²) in [4.78, 5) is 0. The summed E-state index contributed by atoms with van der Waals surface area (Å²) in [6, 6.07) is 10.7. The molecule has 0 atom stereocenters. The molecule has 0 heterocycles. The Balaban J connectivity index is 1.98. The van der Waals surface area contributed by atoms with Gasteiger partial charge in [-0.05, 0) is 48.6 Å². The first-order valence-corrected chi connectivity index (χ1v) is 6.92. The lowest BCUT2D eigenvalue weighted by atomic mass is 9.98. The van der Waals surface area contributed by atoms with Crippen LogP contribution in [0.5, 0.6) is 0 Å². The average molecular weight is 273 g/mol. The molecule has 3 rings (SSSR count). The van der Waals surface area contributed by atoms with E-state index in [1.807, 2.05) is 24.3 Å². The zero-order chi connectivity index (χ0) is 14.1. The van der Waals surface area contributed by atoms with Gasteiger partial charge in [-0.1, -0.05) is 24.3 Å². The fourth-order valence-corrected chi connectivity index (χ4v) is 2.33. The zero-order valence-electron chi connectivity index (χ0n) is 11.4. The smallest absolute Gasteiger partial charge is 0.131 e. The first kappa shape index (κ1) is 13.3. The molecule has 0 aliphatic heterocycles. The molecule has 104 valence electrons. The second kappa shape index (κ2) is 5.33. The highest BCUT2D eigenvalue weighted by Crippen LogP contribution is 2.29. The van der Waals surface area contributed by atoms with Crippen LogP contribution in [0.2, 0.25) is 0 Å². The van der Waals surface area contributed by atoms with E-state index in [0.717, 1.165) is 11.1 Å². The second-order valence-corrected chi connectivity index (χ2v) is 5.39. The molecule has 0 bridgehead atoms. The van der Waals surface area contributed by atoms with E-state index >= 15 is 0 Å². The van der Waals surface area contributed by atoms with Crippen molar-refractivity contribution in [2.75, 3.05) is 0 Å². The number of nitrogens with one attached hydrogen (secondary N) is 1. The van der Waals surface area contributed by atoms with Crippen LogP contribution in [-0.2, 0) is 6.54 Å². The monoisotopic (exact) mass is 273 g/mol. The summed E-state index contributed by atoms with van der Waals surface area (Å²) in [5.41, 5.74) is 2.43. The van der Waals surface area contributed by atoms with Crippen molar-refractivity contribution in [1.82, 2.24) is 5.32 Å². The van der Waals surface area contributed by atoms with E-state index in [1.54, 1.807) is 6.92 Å². The Labute approximate surface area is 117 Å². The van der Waals surface area contributed by atoms with Crippen LogP contribution in [0.4, 0.5) is 8.78 Å². The summed E-state index contributed by atoms with van der Waals surface area (Å²) in [5, 5.41) is 3.41. The molecule has 2 aromatic rings. The summed E-state index contributed by atoms with van der Waals surface area (Å²) in [6.07, 6.45) is 2.41. The van der Waals surface area contributed by atoms with Crippen molar-refractivity contribution in [3.63, 3.8) is 0 Å². The third-order valence-electron chi connectivity index (χ3n) is 3.71. The maximum absolute atomic E-state index is 14.1. The van der Waals surface area contributed by atoms with E-state index in [9.17, 15) is 8.78 Å². The molecule has 0 radical (unpaired) electrons. The van der Waals surface area contributed by atoms with Crippen molar-refractivity contribution in [2.45, 2.75) is 32.4 Å². The lowest BCUT2D eigenvalue weighted by Gasteiger charge is -2.12. The molecule has 0 amide bonds. The summed E-state index contributed by atoms with van der Waals surface area (Å²) in [5.74, 6) is -0.742. The first-order valence-electron chi connectivity index (χ1n) is 6.92. The molecule has 1 saturated carbocycles. The number of rotatable bonds is 4. The van der Waals surface area contributed by atoms with E-state index in [2.05, 4.69) is 5.32 Å². The maximum atomic E-state index is 14.1. The maximum Gasteiger partial charge on any atom is 0.131 e.